The predicted octanol–water partition coefficient (Wildman–Crippen LogP) is 2.54. The molecule has 1 aromatic rings. The fourth-order valence-electron chi connectivity index (χ4n) is 2.15. The largest absolute Gasteiger partial charge is 0.393 e. The zero-order valence-electron chi connectivity index (χ0n) is 11.3. The van der Waals surface area contributed by atoms with Gasteiger partial charge in [-0.2, -0.15) is 0 Å². The molecule has 4 heteroatoms. The normalized spacial score (nSPS) is 16.6. The Labute approximate surface area is 118 Å². The van der Waals surface area contributed by atoms with E-state index in [1.165, 1.54) is 5.56 Å². The lowest BCUT2D eigenvalue weighted by Gasteiger charge is -2.32. The van der Waals surface area contributed by atoms with Gasteiger partial charge in [0.25, 0.3) is 0 Å². The van der Waals surface area contributed by atoms with E-state index in [0.29, 0.717) is 0 Å². The van der Waals surface area contributed by atoms with Gasteiger partial charge in [-0.3, -0.25) is 4.90 Å². The molecule has 0 heterocycles. The van der Waals surface area contributed by atoms with E-state index in [-0.39, 0.29) is 18.2 Å². The molecule has 0 aliphatic rings. The molecule has 0 aromatic heterocycles. The van der Waals surface area contributed by atoms with Crippen molar-refractivity contribution in [3.8, 4) is 0 Å². The summed E-state index contributed by atoms with van der Waals surface area (Å²) >= 11 is 3.44. The highest BCUT2D eigenvalue weighted by atomic mass is 79.9. The lowest BCUT2D eigenvalue weighted by Crippen LogP contribution is -2.38. The number of benzene rings is 1. The maximum absolute atomic E-state index is 9.36. The summed E-state index contributed by atoms with van der Waals surface area (Å²) in [5.74, 6) is 0. The topological polar surface area (TPSA) is 49.5 Å². The summed E-state index contributed by atoms with van der Waals surface area (Å²) in [4.78, 5) is 2.21. The zero-order chi connectivity index (χ0) is 13.7. The Morgan fingerprint density at radius 2 is 1.83 bits per heavy atom. The molecule has 3 N–H and O–H groups in total. The van der Waals surface area contributed by atoms with Crippen LogP contribution in [0.4, 0.5) is 0 Å². The predicted molar refractivity (Wildman–Crippen MR) is 79.5 cm³/mol. The molecule has 0 amide bonds. The third-order valence-electron chi connectivity index (χ3n) is 3.08. The molecule has 0 fully saturated rings. The molecular formula is C14H23BrN2O. The van der Waals surface area contributed by atoms with Crippen molar-refractivity contribution in [2.75, 3.05) is 13.6 Å². The van der Waals surface area contributed by atoms with Crippen molar-refractivity contribution in [2.45, 2.75) is 38.5 Å². The number of aliphatic hydroxyl groups excluding tert-OH is 1. The number of likely N-dealkylation sites (N-methyl/N-ethyl adjacent to an activating group) is 1. The third-order valence-corrected chi connectivity index (χ3v) is 3.61. The van der Waals surface area contributed by atoms with Crippen molar-refractivity contribution in [1.29, 1.82) is 0 Å². The smallest absolute Gasteiger partial charge is 0.0524 e. The second-order valence-corrected chi connectivity index (χ2v) is 5.89. The zero-order valence-corrected chi connectivity index (χ0v) is 12.9. The molecule has 3 unspecified atom stereocenters. The van der Waals surface area contributed by atoms with Crippen LogP contribution in [-0.4, -0.2) is 35.7 Å². The van der Waals surface area contributed by atoms with Gasteiger partial charge in [0.05, 0.1) is 6.10 Å². The molecule has 0 saturated heterocycles. The maximum atomic E-state index is 9.36. The van der Waals surface area contributed by atoms with Crippen LogP contribution in [0, 0.1) is 0 Å². The fraction of sp³-hybridized carbons (Fsp3) is 0.571. The first-order chi connectivity index (χ1) is 8.41. The number of halogens is 1. The summed E-state index contributed by atoms with van der Waals surface area (Å²) < 4.78 is 1.07. The van der Waals surface area contributed by atoms with Gasteiger partial charge in [0.1, 0.15) is 0 Å². The number of rotatable bonds is 6. The molecular weight excluding hydrogens is 292 g/mol. The lowest BCUT2D eigenvalue weighted by atomic mass is 9.99. The standard InChI is InChI=1S/C14H23BrN2O/c1-10(18)8-9-17(3)14(11(2)16)12-4-6-13(15)7-5-12/h4-7,10-11,14,18H,8-9,16H2,1-3H3. The summed E-state index contributed by atoms with van der Waals surface area (Å²) in [5.41, 5.74) is 7.31. The molecule has 102 valence electrons. The van der Waals surface area contributed by atoms with Crippen LogP contribution >= 0.6 is 15.9 Å². The molecule has 0 aliphatic heterocycles. The summed E-state index contributed by atoms with van der Waals surface area (Å²) in [6.07, 6.45) is 0.488. The number of aliphatic hydroxyl groups is 1. The minimum Gasteiger partial charge on any atom is -0.393 e. The highest BCUT2D eigenvalue weighted by molar-refractivity contribution is 9.10. The first-order valence-corrected chi connectivity index (χ1v) is 7.10. The van der Waals surface area contributed by atoms with Gasteiger partial charge in [-0.1, -0.05) is 28.1 Å². The molecule has 1 aromatic carbocycles. The van der Waals surface area contributed by atoms with Gasteiger partial charge in [-0.25, -0.2) is 0 Å². The molecule has 0 saturated carbocycles. The average molecular weight is 315 g/mol. The Morgan fingerprint density at radius 1 is 1.28 bits per heavy atom. The average Bonchev–Trinajstić information content (AvgIpc) is 2.29. The lowest BCUT2D eigenvalue weighted by molar-refractivity contribution is 0.143. The van der Waals surface area contributed by atoms with Crippen molar-refractivity contribution >= 4 is 15.9 Å². The Morgan fingerprint density at radius 3 is 2.28 bits per heavy atom. The van der Waals surface area contributed by atoms with E-state index in [0.717, 1.165) is 17.4 Å². The molecule has 18 heavy (non-hydrogen) atoms. The molecule has 0 spiro atoms. The van der Waals surface area contributed by atoms with E-state index in [1.54, 1.807) is 0 Å². The second kappa shape index (κ2) is 7.24. The molecule has 3 atom stereocenters. The van der Waals surface area contributed by atoms with E-state index < -0.39 is 0 Å². The van der Waals surface area contributed by atoms with Crippen LogP contribution in [0.2, 0.25) is 0 Å². The summed E-state index contributed by atoms with van der Waals surface area (Å²) in [7, 11) is 2.05. The van der Waals surface area contributed by atoms with Crippen molar-refractivity contribution in [2.24, 2.45) is 5.73 Å². The van der Waals surface area contributed by atoms with Crippen molar-refractivity contribution in [1.82, 2.24) is 4.90 Å². The summed E-state index contributed by atoms with van der Waals surface area (Å²) in [6.45, 7) is 4.67. The van der Waals surface area contributed by atoms with E-state index in [1.807, 2.05) is 26.0 Å². The number of nitrogens with two attached hydrogens (primary N) is 1. The van der Waals surface area contributed by atoms with Gasteiger partial charge in [0.2, 0.25) is 0 Å². The number of hydrogen-bond donors (Lipinski definition) is 2. The quantitative estimate of drug-likeness (QED) is 0.848. The molecule has 0 bridgehead atoms. The first-order valence-electron chi connectivity index (χ1n) is 6.31. The van der Waals surface area contributed by atoms with Gasteiger partial charge < -0.3 is 10.8 Å². The Kier molecular flexibility index (Phi) is 6.29. The number of hydrogen-bond acceptors (Lipinski definition) is 3. The van der Waals surface area contributed by atoms with Crippen LogP contribution in [0.5, 0.6) is 0 Å². The van der Waals surface area contributed by atoms with Crippen LogP contribution < -0.4 is 5.73 Å². The highest BCUT2D eigenvalue weighted by Crippen LogP contribution is 2.24. The van der Waals surface area contributed by atoms with Crippen molar-refractivity contribution in [3.63, 3.8) is 0 Å². The molecule has 1 rings (SSSR count). The summed E-state index contributed by atoms with van der Waals surface area (Å²) in [5, 5.41) is 9.36. The second-order valence-electron chi connectivity index (χ2n) is 4.97. The van der Waals surface area contributed by atoms with Crippen molar-refractivity contribution < 1.29 is 5.11 Å². The minimum absolute atomic E-state index is 0.0465. The van der Waals surface area contributed by atoms with Crippen LogP contribution in [0.3, 0.4) is 0 Å². The van der Waals surface area contributed by atoms with Crippen LogP contribution in [0.15, 0.2) is 28.7 Å². The van der Waals surface area contributed by atoms with E-state index in [2.05, 4.69) is 40.0 Å². The maximum Gasteiger partial charge on any atom is 0.0524 e. The van der Waals surface area contributed by atoms with Crippen LogP contribution in [0.25, 0.3) is 0 Å². The SMILES string of the molecule is CC(O)CCN(C)C(c1ccc(Br)cc1)C(C)N. The Bertz CT molecular complexity index is 351. The van der Waals surface area contributed by atoms with Gasteiger partial charge in [-0.05, 0) is 45.0 Å². The minimum atomic E-state index is -0.272. The number of nitrogens with zero attached hydrogens (tertiary/aromatic N) is 1. The van der Waals surface area contributed by atoms with Gasteiger partial charge in [-0.15, -0.1) is 0 Å². The van der Waals surface area contributed by atoms with E-state index in [4.69, 9.17) is 5.73 Å². The molecule has 0 radical (unpaired) electrons. The van der Waals surface area contributed by atoms with E-state index >= 15 is 0 Å². The fourth-order valence-corrected chi connectivity index (χ4v) is 2.41. The van der Waals surface area contributed by atoms with Crippen LogP contribution in [0.1, 0.15) is 31.9 Å². The third kappa shape index (κ3) is 4.69. The van der Waals surface area contributed by atoms with Gasteiger partial charge in [0, 0.05) is 23.1 Å². The van der Waals surface area contributed by atoms with Crippen LogP contribution in [-0.2, 0) is 0 Å². The Hall–Kier alpha value is -0.420. The van der Waals surface area contributed by atoms with E-state index in [9.17, 15) is 5.11 Å². The summed E-state index contributed by atoms with van der Waals surface area (Å²) in [6, 6.07) is 8.48. The highest BCUT2D eigenvalue weighted by Gasteiger charge is 2.21. The first kappa shape index (κ1) is 15.6. The van der Waals surface area contributed by atoms with Crippen molar-refractivity contribution in [3.05, 3.63) is 34.3 Å². The van der Waals surface area contributed by atoms with Gasteiger partial charge >= 0.3 is 0 Å². The molecule has 0 aliphatic carbocycles. The van der Waals surface area contributed by atoms with Gasteiger partial charge in [0.15, 0.2) is 0 Å². The molecule has 3 nitrogen and oxygen atoms in total. The Balaban J connectivity index is 2.78. The monoisotopic (exact) mass is 314 g/mol.